The summed E-state index contributed by atoms with van der Waals surface area (Å²) in [5.74, 6) is -0.0613. The number of hydrogen-bond donors (Lipinski definition) is 1. The lowest BCUT2D eigenvalue weighted by Gasteiger charge is -2.27. The van der Waals surface area contributed by atoms with Crippen molar-refractivity contribution in [2.24, 2.45) is 0 Å². The van der Waals surface area contributed by atoms with E-state index >= 15 is 0 Å². The van der Waals surface area contributed by atoms with Crippen LogP contribution in [0.15, 0.2) is 36.4 Å². The number of amides is 1. The van der Waals surface area contributed by atoms with Crippen LogP contribution in [0.1, 0.15) is 40.7 Å². The van der Waals surface area contributed by atoms with Crippen LogP contribution >= 0.6 is 11.6 Å². The van der Waals surface area contributed by atoms with Gasteiger partial charge in [-0.15, -0.1) is 0 Å². The minimum absolute atomic E-state index is 0.108. The van der Waals surface area contributed by atoms with E-state index in [0.29, 0.717) is 54.3 Å². The number of likely N-dealkylation sites (tertiary alicyclic amines) is 1. The Morgan fingerprint density at radius 1 is 1.21 bits per heavy atom. The highest BCUT2D eigenvalue weighted by atomic mass is 35.5. The number of hydrogen-bond acceptors (Lipinski definition) is 3. The zero-order chi connectivity index (χ0) is 20.3. The van der Waals surface area contributed by atoms with Gasteiger partial charge in [0.15, 0.2) is 0 Å². The number of nitrogens with zero attached hydrogens (tertiary/aromatic N) is 1. The highest BCUT2D eigenvalue weighted by molar-refractivity contribution is 6.32. The number of carbonyl (C=O) groups excluding carboxylic acids is 1. The van der Waals surface area contributed by atoms with Crippen LogP contribution in [-0.4, -0.2) is 41.2 Å². The first-order valence-corrected chi connectivity index (χ1v) is 9.82. The Bertz CT molecular complexity index is 873. The molecule has 2 aromatic rings. The average Bonchev–Trinajstić information content (AvgIpc) is 2.86. The fraction of sp³-hybridized carbons (Fsp3) is 0.409. The molecular weight excluding hydrogens is 381 g/mol. The van der Waals surface area contributed by atoms with Gasteiger partial charge in [0.2, 0.25) is 0 Å². The molecule has 0 aromatic heterocycles. The molecule has 1 fully saturated rings. The van der Waals surface area contributed by atoms with Crippen LogP contribution in [0.25, 0.3) is 0 Å². The molecule has 1 amide bonds. The van der Waals surface area contributed by atoms with Crippen LogP contribution in [0.3, 0.4) is 0 Å². The summed E-state index contributed by atoms with van der Waals surface area (Å²) in [4.78, 5) is 14.4. The van der Waals surface area contributed by atoms with Gasteiger partial charge in [-0.1, -0.05) is 23.7 Å². The summed E-state index contributed by atoms with van der Waals surface area (Å²) < 4.78 is 19.6. The molecule has 0 spiro atoms. The van der Waals surface area contributed by atoms with Crippen molar-refractivity contribution in [3.05, 3.63) is 63.9 Å². The molecule has 1 atom stereocenters. The Balaban J connectivity index is 1.64. The Kier molecular flexibility index (Phi) is 6.26. The third-order valence-corrected chi connectivity index (χ3v) is 5.52. The van der Waals surface area contributed by atoms with Crippen molar-refractivity contribution < 1.29 is 19.0 Å². The van der Waals surface area contributed by atoms with E-state index in [1.165, 1.54) is 6.07 Å². The van der Waals surface area contributed by atoms with Gasteiger partial charge in [-0.3, -0.25) is 4.79 Å². The second-order valence-corrected chi connectivity index (χ2v) is 7.96. The molecule has 2 aromatic carbocycles. The summed E-state index contributed by atoms with van der Waals surface area (Å²) in [5, 5.41) is 11.5. The second-order valence-electron chi connectivity index (χ2n) is 7.56. The van der Waals surface area contributed by atoms with Gasteiger partial charge in [-0.05, 0) is 68.5 Å². The van der Waals surface area contributed by atoms with E-state index in [4.69, 9.17) is 16.3 Å². The molecule has 1 N–H and O–H groups in total. The van der Waals surface area contributed by atoms with Gasteiger partial charge >= 0.3 is 0 Å². The van der Waals surface area contributed by atoms with Crippen LogP contribution < -0.4 is 4.74 Å². The Hall–Kier alpha value is -2.11. The zero-order valence-electron chi connectivity index (χ0n) is 16.2. The lowest BCUT2D eigenvalue weighted by molar-refractivity contribution is -0.0163. The first kappa shape index (κ1) is 20.6. The third kappa shape index (κ3) is 4.83. The van der Waals surface area contributed by atoms with Gasteiger partial charge in [0.25, 0.3) is 5.91 Å². The van der Waals surface area contributed by atoms with Crippen LogP contribution in [-0.2, 0) is 0 Å². The molecule has 28 heavy (non-hydrogen) atoms. The molecule has 0 saturated carbocycles. The lowest BCUT2D eigenvalue weighted by Crippen LogP contribution is -2.38. The van der Waals surface area contributed by atoms with Crippen molar-refractivity contribution in [3.8, 4) is 5.75 Å². The van der Waals surface area contributed by atoms with E-state index in [9.17, 15) is 14.3 Å². The summed E-state index contributed by atoms with van der Waals surface area (Å²) in [6, 6.07) is 10.0. The smallest absolute Gasteiger partial charge is 0.253 e. The van der Waals surface area contributed by atoms with Crippen molar-refractivity contribution in [1.29, 1.82) is 0 Å². The van der Waals surface area contributed by atoms with Crippen LogP contribution in [0.5, 0.6) is 5.75 Å². The van der Waals surface area contributed by atoms with E-state index in [1.54, 1.807) is 30.0 Å². The van der Waals surface area contributed by atoms with Gasteiger partial charge in [-0.25, -0.2) is 4.39 Å². The Morgan fingerprint density at radius 3 is 2.75 bits per heavy atom. The molecule has 1 heterocycles. The van der Waals surface area contributed by atoms with Gasteiger partial charge in [0, 0.05) is 18.7 Å². The number of aryl methyl sites for hydroxylation is 2. The predicted octanol–water partition coefficient (Wildman–Crippen LogP) is 4.53. The SMILES string of the molecule is Cc1ccc(Cl)c(OCC2(O)CCCN(C(=O)c3ccc(C)c(F)c3)CC2)c1. The minimum Gasteiger partial charge on any atom is -0.489 e. The molecule has 0 bridgehead atoms. The van der Waals surface area contributed by atoms with E-state index < -0.39 is 5.60 Å². The number of aliphatic hydroxyl groups is 1. The lowest BCUT2D eigenvalue weighted by atomic mass is 9.96. The van der Waals surface area contributed by atoms with Crippen molar-refractivity contribution in [3.63, 3.8) is 0 Å². The average molecular weight is 406 g/mol. The molecular formula is C22H25ClFNO3. The maximum Gasteiger partial charge on any atom is 0.253 e. The van der Waals surface area contributed by atoms with E-state index in [-0.39, 0.29) is 18.3 Å². The first-order chi connectivity index (χ1) is 13.3. The summed E-state index contributed by atoms with van der Waals surface area (Å²) >= 11 is 6.16. The molecule has 3 rings (SSSR count). The quantitative estimate of drug-likeness (QED) is 0.812. The van der Waals surface area contributed by atoms with Crippen LogP contribution in [0.4, 0.5) is 4.39 Å². The number of ether oxygens (including phenoxy) is 1. The van der Waals surface area contributed by atoms with Crippen LogP contribution in [0.2, 0.25) is 5.02 Å². The Labute approximate surface area is 169 Å². The standard InChI is InChI=1S/C22H25ClFNO3/c1-15-4-7-18(23)20(12-15)28-14-22(27)8-3-10-25(11-9-22)21(26)17-6-5-16(2)19(24)13-17/h4-7,12-13,27H,3,8-11,14H2,1-2H3. The minimum atomic E-state index is -1.04. The predicted molar refractivity (Wildman–Crippen MR) is 108 cm³/mol. The second kappa shape index (κ2) is 8.50. The molecule has 4 nitrogen and oxygen atoms in total. The van der Waals surface area contributed by atoms with Gasteiger partial charge in [0.1, 0.15) is 23.8 Å². The molecule has 1 aliphatic heterocycles. The number of benzene rings is 2. The van der Waals surface area contributed by atoms with Crippen molar-refractivity contribution in [2.75, 3.05) is 19.7 Å². The number of halogens is 2. The molecule has 1 saturated heterocycles. The molecule has 1 unspecified atom stereocenters. The Morgan fingerprint density at radius 2 is 2.00 bits per heavy atom. The maximum atomic E-state index is 13.8. The summed E-state index contributed by atoms with van der Waals surface area (Å²) in [5.41, 5.74) is 0.820. The highest BCUT2D eigenvalue weighted by Gasteiger charge is 2.33. The van der Waals surface area contributed by atoms with E-state index in [2.05, 4.69) is 0 Å². The maximum absolute atomic E-state index is 13.8. The van der Waals surface area contributed by atoms with Crippen molar-refractivity contribution >= 4 is 17.5 Å². The summed E-state index contributed by atoms with van der Waals surface area (Å²) in [6.07, 6.45) is 1.54. The molecule has 0 radical (unpaired) electrons. The third-order valence-electron chi connectivity index (χ3n) is 5.21. The molecule has 0 aliphatic carbocycles. The van der Waals surface area contributed by atoms with Gasteiger partial charge in [-0.2, -0.15) is 0 Å². The van der Waals surface area contributed by atoms with Gasteiger partial charge < -0.3 is 14.7 Å². The summed E-state index contributed by atoms with van der Waals surface area (Å²) in [6.45, 7) is 4.62. The summed E-state index contributed by atoms with van der Waals surface area (Å²) in [7, 11) is 0. The van der Waals surface area contributed by atoms with Crippen molar-refractivity contribution in [2.45, 2.75) is 38.7 Å². The van der Waals surface area contributed by atoms with E-state index in [1.807, 2.05) is 19.1 Å². The van der Waals surface area contributed by atoms with Gasteiger partial charge in [0.05, 0.1) is 5.02 Å². The largest absolute Gasteiger partial charge is 0.489 e. The fourth-order valence-electron chi connectivity index (χ4n) is 3.37. The fourth-order valence-corrected chi connectivity index (χ4v) is 3.54. The van der Waals surface area contributed by atoms with Crippen LogP contribution in [0, 0.1) is 19.7 Å². The van der Waals surface area contributed by atoms with Crippen molar-refractivity contribution in [1.82, 2.24) is 4.90 Å². The number of rotatable bonds is 4. The number of carbonyl (C=O) groups is 1. The normalized spacial score (nSPS) is 20.0. The molecule has 150 valence electrons. The highest BCUT2D eigenvalue weighted by Crippen LogP contribution is 2.29. The molecule has 6 heteroatoms. The zero-order valence-corrected chi connectivity index (χ0v) is 16.9. The molecule has 1 aliphatic rings. The first-order valence-electron chi connectivity index (χ1n) is 9.44. The topological polar surface area (TPSA) is 49.8 Å². The monoisotopic (exact) mass is 405 g/mol. The van der Waals surface area contributed by atoms with E-state index in [0.717, 1.165) is 5.56 Å².